The molecule has 1 aromatic carbocycles. The fourth-order valence-corrected chi connectivity index (χ4v) is 4.42. The normalized spacial score (nSPS) is 26.4. The first-order valence-corrected chi connectivity index (χ1v) is 8.68. The van der Waals surface area contributed by atoms with E-state index in [4.69, 9.17) is 5.41 Å². The van der Waals surface area contributed by atoms with E-state index in [0.29, 0.717) is 24.8 Å². The van der Waals surface area contributed by atoms with Crippen molar-refractivity contribution in [3.63, 3.8) is 0 Å². The Bertz CT molecular complexity index is 939. The molecule has 1 fully saturated rings. The fourth-order valence-electron chi connectivity index (χ4n) is 4.42. The van der Waals surface area contributed by atoms with Crippen LogP contribution in [0.3, 0.4) is 0 Å². The molecule has 2 N–H and O–H groups in total. The largest absolute Gasteiger partial charge is 0.481 e. The Morgan fingerprint density at radius 3 is 2.54 bits per heavy atom. The molecule has 8 heteroatoms. The zero-order valence-corrected chi connectivity index (χ0v) is 14.6. The topological polar surface area (TPSA) is 109 Å². The van der Waals surface area contributed by atoms with Gasteiger partial charge in [-0.3, -0.25) is 4.79 Å². The van der Waals surface area contributed by atoms with E-state index < -0.39 is 46.6 Å². The zero-order valence-electron chi connectivity index (χ0n) is 14.6. The summed E-state index contributed by atoms with van der Waals surface area (Å²) >= 11 is 0. The predicted molar refractivity (Wildman–Crippen MR) is 92.1 cm³/mol. The Hall–Kier alpha value is -3.13. The van der Waals surface area contributed by atoms with E-state index in [2.05, 4.69) is 0 Å². The number of halogens is 3. The number of nitriles is 2. The van der Waals surface area contributed by atoms with Crippen molar-refractivity contribution in [3.05, 3.63) is 47.0 Å². The van der Waals surface area contributed by atoms with Crippen LogP contribution < -0.4 is 0 Å². The molecule has 3 atom stereocenters. The summed E-state index contributed by atoms with van der Waals surface area (Å²) in [6, 6.07) is 7.98. The lowest BCUT2D eigenvalue weighted by Crippen LogP contribution is -2.51. The third kappa shape index (κ3) is 2.86. The van der Waals surface area contributed by atoms with E-state index in [9.17, 15) is 33.6 Å². The number of carboxylic acid groups (broad SMARTS) is 1. The molecule has 0 spiro atoms. The number of nitrogens with zero attached hydrogens (tertiary/aromatic N) is 2. The molecule has 0 bridgehead atoms. The Balaban J connectivity index is 2.26. The van der Waals surface area contributed by atoms with Gasteiger partial charge in [-0.15, -0.1) is 0 Å². The molecule has 1 saturated carbocycles. The molecule has 0 unspecified atom stereocenters. The maximum absolute atomic E-state index is 13.2. The Morgan fingerprint density at radius 1 is 1.29 bits per heavy atom. The van der Waals surface area contributed by atoms with Gasteiger partial charge in [0.2, 0.25) is 0 Å². The van der Waals surface area contributed by atoms with E-state index in [1.165, 1.54) is 12.1 Å². The summed E-state index contributed by atoms with van der Waals surface area (Å²) in [6.45, 7) is 0. The zero-order chi connectivity index (χ0) is 20.7. The minimum Gasteiger partial charge on any atom is -0.481 e. The van der Waals surface area contributed by atoms with Gasteiger partial charge < -0.3 is 10.5 Å². The first kappa shape index (κ1) is 19.6. The number of hydrogen-bond donors (Lipinski definition) is 2. The maximum atomic E-state index is 13.2. The highest BCUT2D eigenvalue weighted by Gasteiger charge is 2.58. The van der Waals surface area contributed by atoms with Crippen LogP contribution in [0.1, 0.15) is 36.3 Å². The maximum Gasteiger partial charge on any atom is 0.416 e. The van der Waals surface area contributed by atoms with Crippen LogP contribution in [-0.4, -0.2) is 16.8 Å². The summed E-state index contributed by atoms with van der Waals surface area (Å²) in [7, 11) is 0. The highest BCUT2D eigenvalue weighted by Crippen LogP contribution is 2.55. The van der Waals surface area contributed by atoms with Gasteiger partial charge in [-0.2, -0.15) is 23.7 Å². The SMILES string of the molecule is N#CC1(C#N)C(=N)[C@@H](C(=O)O)C2=CCCC[C@@H]2[C@@H]1c1cccc(C(F)(F)F)c1. The van der Waals surface area contributed by atoms with Crippen molar-refractivity contribution in [2.75, 3.05) is 0 Å². The summed E-state index contributed by atoms with van der Waals surface area (Å²) in [5.41, 5.74) is -3.12. The summed E-state index contributed by atoms with van der Waals surface area (Å²) < 4.78 is 39.6. The van der Waals surface area contributed by atoms with Gasteiger partial charge >= 0.3 is 12.1 Å². The third-order valence-electron chi connectivity index (χ3n) is 5.62. The molecule has 0 amide bonds. The lowest BCUT2D eigenvalue weighted by Gasteiger charge is -2.46. The van der Waals surface area contributed by atoms with Gasteiger partial charge in [-0.25, -0.2) is 0 Å². The van der Waals surface area contributed by atoms with Crippen LogP contribution in [0.15, 0.2) is 35.9 Å². The molecule has 2 aliphatic carbocycles. The second kappa shape index (κ2) is 6.79. The van der Waals surface area contributed by atoms with Crippen LogP contribution >= 0.6 is 0 Å². The summed E-state index contributed by atoms with van der Waals surface area (Å²) in [4.78, 5) is 11.8. The molecule has 1 aromatic rings. The standard InChI is InChI=1S/C20H16F3N3O2/c21-20(22,23)12-5-3-4-11(8-12)16-14-7-2-1-6-13(14)15(18(27)28)17(26)19(16,9-24)10-25/h3-6,8,14-16,26H,1-2,7H2,(H,27,28)/t14-,15-,16-/m0/s1. The highest BCUT2D eigenvalue weighted by molar-refractivity contribution is 6.10. The minimum atomic E-state index is -4.60. The molecule has 2 aliphatic rings. The lowest BCUT2D eigenvalue weighted by atomic mass is 9.53. The third-order valence-corrected chi connectivity index (χ3v) is 5.62. The van der Waals surface area contributed by atoms with Crippen molar-refractivity contribution in [1.82, 2.24) is 0 Å². The van der Waals surface area contributed by atoms with Crippen LogP contribution in [0.4, 0.5) is 13.2 Å². The van der Waals surface area contributed by atoms with Gasteiger partial charge in [0.1, 0.15) is 5.92 Å². The van der Waals surface area contributed by atoms with Gasteiger partial charge in [0, 0.05) is 5.92 Å². The van der Waals surface area contributed by atoms with Crippen molar-refractivity contribution < 1.29 is 23.1 Å². The number of alkyl halides is 3. The monoisotopic (exact) mass is 387 g/mol. The Morgan fingerprint density at radius 2 is 1.96 bits per heavy atom. The molecule has 5 nitrogen and oxygen atoms in total. The molecule has 0 aliphatic heterocycles. The van der Waals surface area contributed by atoms with Crippen LogP contribution in [0.5, 0.6) is 0 Å². The number of carboxylic acids is 1. The number of carbonyl (C=O) groups is 1. The van der Waals surface area contributed by atoms with E-state index in [1.54, 1.807) is 18.2 Å². The second-order valence-electron chi connectivity index (χ2n) is 7.06. The van der Waals surface area contributed by atoms with Gasteiger partial charge in [0.05, 0.1) is 23.4 Å². The van der Waals surface area contributed by atoms with Crippen LogP contribution in [0.2, 0.25) is 0 Å². The molecule has 0 radical (unpaired) electrons. The van der Waals surface area contributed by atoms with Crippen LogP contribution in [0.25, 0.3) is 0 Å². The van der Waals surface area contributed by atoms with E-state index >= 15 is 0 Å². The number of benzene rings is 1. The number of rotatable bonds is 2. The summed E-state index contributed by atoms with van der Waals surface area (Å²) in [6.07, 6.45) is -1.22. The van der Waals surface area contributed by atoms with Crippen LogP contribution in [-0.2, 0) is 11.0 Å². The average Bonchev–Trinajstić information content (AvgIpc) is 2.66. The molecule has 0 saturated heterocycles. The van der Waals surface area contributed by atoms with E-state index in [0.717, 1.165) is 12.1 Å². The van der Waals surface area contributed by atoms with E-state index in [1.807, 2.05) is 0 Å². The molecular weight excluding hydrogens is 371 g/mol. The number of aliphatic carboxylic acids is 1. The van der Waals surface area contributed by atoms with Crippen molar-refractivity contribution in [2.24, 2.45) is 17.3 Å². The summed E-state index contributed by atoms with van der Waals surface area (Å²) in [5, 5.41) is 37.6. The van der Waals surface area contributed by atoms with Crippen molar-refractivity contribution in [2.45, 2.75) is 31.4 Å². The second-order valence-corrected chi connectivity index (χ2v) is 7.06. The first-order chi connectivity index (χ1) is 13.2. The highest BCUT2D eigenvalue weighted by atomic mass is 19.4. The fraction of sp³-hybridized carbons (Fsp3) is 0.400. The Kier molecular flexibility index (Phi) is 4.76. The predicted octanol–water partition coefficient (Wildman–Crippen LogP) is 4.28. The number of nitrogens with one attached hydrogen (secondary N) is 1. The smallest absolute Gasteiger partial charge is 0.416 e. The molecule has 0 heterocycles. The molecule has 3 rings (SSSR count). The number of hydrogen-bond acceptors (Lipinski definition) is 4. The van der Waals surface area contributed by atoms with Crippen molar-refractivity contribution in [3.8, 4) is 12.1 Å². The van der Waals surface area contributed by atoms with Gasteiger partial charge in [0.25, 0.3) is 0 Å². The van der Waals surface area contributed by atoms with Crippen molar-refractivity contribution in [1.29, 1.82) is 15.9 Å². The van der Waals surface area contributed by atoms with Crippen molar-refractivity contribution >= 4 is 11.7 Å². The Labute approximate surface area is 159 Å². The lowest BCUT2D eigenvalue weighted by molar-refractivity contribution is -0.139. The van der Waals surface area contributed by atoms with Gasteiger partial charge in [-0.05, 0) is 36.8 Å². The average molecular weight is 387 g/mol. The summed E-state index contributed by atoms with van der Waals surface area (Å²) in [5.74, 6) is -4.38. The molecule has 28 heavy (non-hydrogen) atoms. The van der Waals surface area contributed by atoms with E-state index in [-0.39, 0.29) is 5.56 Å². The van der Waals surface area contributed by atoms with Gasteiger partial charge in [0.15, 0.2) is 5.41 Å². The molecule has 144 valence electrons. The van der Waals surface area contributed by atoms with Gasteiger partial charge in [-0.1, -0.05) is 29.8 Å². The quantitative estimate of drug-likeness (QED) is 0.738. The minimum absolute atomic E-state index is 0.115. The number of allylic oxidation sites excluding steroid dienone is 1. The first-order valence-electron chi connectivity index (χ1n) is 8.68. The molecule has 0 aromatic heterocycles. The van der Waals surface area contributed by atoms with Crippen LogP contribution in [0, 0.1) is 45.3 Å². The molecular formula is C20H16F3N3O2. The number of fused-ring (bicyclic) bond motifs is 1.